The highest BCUT2D eigenvalue weighted by molar-refractivity contribution is 5.83. The number of carboxylic acid groups (broad SMARTS) is 1. The standard InChI is InChI=1S/C12H20N2O4/c1-12(2)7-18-6-5-14(12)11(17)13-9(10(15)16)8-3-4-8/h8-9H,3-7H2,1-2H3,(H,13,17)(H,15,16). The van der Waals surface area contributed by atoms with Crippen LogP contribution in [0, 0.1) is 5.92 Å². The first-order chi connectivity index (χ1) is 8.42. The predicted molar refractivity (Wildman–Crippen MR) is 64.3 cm³/mol. The minimum atomic E-state index is -0.947. The molecule has 2 aliphatic rings. The summed E-state index contributed by atoms with van der Waals surface area (Å²) < 4.78 is 5.34. The number of aliphatic carboxylic acids is 1. The molecular weight excluding hydrogens is 236 g/mol. The topological polar surface area (TPSA) is 78.9 Å². The zero-order valence-electron chi connectivity index (χ0n) is 10.8. The van der Waals surface area contributed by atoms with Crippen molar-refractivity contribution >= 4 is 12.0 Å². The average Bonchev–Trinajstić information content (AvgIpc) is 3.08. The molecule has 2 fully saturated rings. The van der Waals surface area contributed by atoms with E-state index in [2.05, 4.69) is 5.32 Å². The molecule has 2 N–H and O–H groups in total. The van der Waals surface area contributed by atoms with Crippen molar-refractivity contribution in [3.63, 3.8) is 0 Å². The maximum Gasteiger partial charge on any atom is 0.326 e. The van der Waals surface area contributed by atoms with Gasteiger partial charge in [0.25, 0.3) is 0 Å². The van der Waals surface area contributed by atoms with Gasteiger partial charge in [0.2, 0.25) is 0 Å². The van der Waals surface area contributed by atoms with Crippen molar-refractivity contribution in [2.45, 2.75) is 38.3 Å². The van der Waals surface area contributed by atoms with Crippen molar-refractivity contribution in [1.29, 1.82) is 0 Å². The SMILES string of the molecule is CC1(C)COCCN1C(=O)NC(C(=O)O)C1CC1. The van der Waals surface area contributed by atoms with Gasteiger partial charge in [0.15, 0.2) is 0 Å². The number of nitrogens with one attached hydrogen (secondary N) is 1. The van der Waals surface area contributed by atoms with Gasteiger partial charge in [0.05, 0.1) is 18.8 Å². The Balaban J connectivity index is 1.99. The Morgan fingerprint density at radius 3 is 2.61 bits per heavy atom. The van der Waals surface area contributed by atoms with E-state index >= 15 is 0 Å². The minimum absolute atomic E-state index is 0.0932. The van der Waals surface area contributed by atoms with E-state index in [1.165, 1.54) is 0 Å². The molecule has 6 nitrogen and oxygen atoms in total. The van der Waals surface area contributed by atoms with E-state index in [-0.39, 0.29) is 11.9 Å². The molecular formula is C12H20N2O4. The van der Waals surface area contributed by atoms with Gasteiger partial charge in [0.1, 0.15) is 6.04 Å². The summed E-state index contributed by atoms with van der Waals surface area (Å²) in [6.45, 7) is 5.30. The molecule has 1 saturated carbocycles. The van der Waals surface area contributed by atoms with Crippen LogP contribution in [0.4, 0.5) is 4.79 Å². The van der Waals surface area contributed by atoms with Gasteiger partial charge in [-0.1, -0.05) is 0 Å². The number of ether oxygens (including phenoxy) is 1. The highest BCUT2D eigenvalue weighted by Crippen LogP contribution is 2.33. The van der Waals surface area contributed by atoms with Crippen LogP contribution in [0.5, 0.6) is 0 Å². The Hall–Kier alpha value is -1.30. The fourth-order valence-corrected chi connectivity index (χ4v) is 2.26. The van der Waals surface area contributed by atoms with Gasteiger partial charge in [-0.2, -0.15) is 0 Å². The second kappa shape index (κ2) is 4.76. The van der Waals surface area contributed by atoms with Gasteiger partial charge in [0, 0.05) is 6.54 Å². The molecule has 0 aromatic carbocycles. The third-order valence-electron chi connectivity index (χ3n) is 3.53. The van der Waals surface area contributed by atoms with E-state index in [9.17, 15) is 9.59 Å². The summed E-state index contributed by atoms with van der Waals surface area (Å²) in [6.07, 6.45) is 1.76. The lowest BCUT2D eigenvalue weighted by Gasteiger charge is -2.42. The van der Waals surface area contributed by atoms with E-state index in [0.29, 0.717) is 19.8 Å². The molecule has 1 saturated heterocycles. The molecule has 102 valence electrons. The molecule has 2 rings (SSSR count). The third-order valence-corrected chi connectivity index (χ3v) is 3.53. The minimum Gasteiger partial charge on any atom is -0.480 e. The number of urea groups is 1. The van der Waals surface area contributed by atoms with Gasteiger partial charge < -0.3 is 20.1 Å². The Morgan fingerprint density at radius 1 is 1.44 bits per heavy atom. The van der Waals surface area contributed by atoms with E-state index < -0.39 is 17.6 Å². The summed E-state index contributed by atoms with van der Waals surface area (Å²) in [5.74, 6) is -0.854. The molecule has 0 aromatic rings. The molecule has 1 unspecified atom stereocenters. The van der Waals surface area contributed by atoms with Gasteiger partial charge in [-0.3, -0.25) is 0 Å². The second-order valence-electron chi connectivity index (χ2n) is 5.62. The maximum atomic E-state index is 12.2. The van der Waals surface area contributed by atoms with Crippen molar-refractivity contribution in [1.82, 2.24) is 10.2 Å². The average molecular weight is 256 g/mol. The Kier molecular flexibility index (Phi) is 3.47. The molecule has 1 aliphatic carbocycles. The van der Waals surface area contributed by atoms with E-state index in [1.807, 2.05) is 13.8 Å². The Morgan fingerprint density at radius 2 is 2.11 bits per heavy atom. The van der Waals surface area contributed by atoms with Crippen molar-refractivity contribution in [2.24, 2.45) is 5.92 Å². The lowest BCUT2D eigenvalue weighted by molar-refractivity contribution is -0.139. The number of morpholine rings is 1. The predicted octanol–water partition coefficient (Wildman–Crippen LogP) is 0.670. The smallest absolute Gasteiger partial charge is 0.326 e. The van der Waals surface area contributed by atoms with Gasteiger partial charge in [-0.25, -0.2) is 9.59 Å². The Bertz CT molecular complexity index is 352. The van der Waals surface area contributed by atoms with Gasteiger partial charge in [-0.15, -0.1) is 0 Å². The highest BCUT2D eigenvalue weighted by atomic mass is 16.5. The molecule has 0 bridgehead atoms. The molecule has 0 spiro atoms. The lowest BCUT2D eigenvalue weighted by Crippen LogP contribution is -2.60. The third kappa shape index (κ3) is 2.75. The number of carbonyl (C=O) groups excluding carboxylic acids is 1. The summed E-state index contributed by atoms with van der Waals surface area (Å²) >= 11 is 0. The first kappa shape index (κ1) is 13.1. The van der Waals surface area contributed by atoms with Crippen LogP contribution < -0.4 is 5.32 Å². The van der Waals surface area contributed by atoms with Gasteiger partial charge in [-0.05, 0) is 32.6 Å². The number of hydrogen-bond acceptors (Lipinski definition) is 3. The number of hydrogen-bond donors (Lipinski definition) is 2. The number of nitrogens with zero attached hydrogens (tertiary/aromatic N) is 1. The fraction of sp³-hybridized carbons (Fsp3) is 0.833. The molecule has 2 amide bonds. The van der Waals surface area contributed by atoms with E-state index in [4.69, 9.17) is 9.84 Å². The number of carbonyl (C=O) groups is 2. The second-order valence-corrected chi connectivity index (χ2v) is 5.62. The number of amides is 2. The molecule has 0 aromatic heterocycles. The van der Waals surface area contributed by atoms with Crippen LogP contribution in [0.1, 0.15) is 26.7 Å². The summed E-state index contributed by atoms with van der Waals surface area (Å²) in [6, 6.07) is -1.06. The van der Waals surface area contributed by atoms with Crippen LogP contribution >= 0.6 is 0 Å². The van der Waals surface area contributed by atoms with Gasteiger partial charge >= 0.3 is 12.0 Å². The molecule has 6 heteroatoms. The first-order valence-electron chi connectivity index (χ1n) is 6.30. The zero-order valence-corrected chi connectivity index (χ0v) is 10.8. The first-order valence-corrected chi connectivity index (χ1v) is 6.30. The zero-order chi connectivity index (χ0) is 13.3. The van der Waals surface area contributed by atoms with E-state index in [1.54, 1.807) is 4.90 Å². The van der Waals surface area contributed by atoms with Crippen LogP contribution in [0.3, 0.4) is 0 Å². The Labute approximate surface area is 106 Å². The fourth-order valence-electron chi connectivity index (χ4n) is 2.26. The summed E-state index contributed by atoms with van der Waals surface area (Å²) in [5, 5.41) is 11.7. The largest absolute Gasteiger partial charge is 0.480 e. The van der Waals surface area contributed by atoms with Crippen molar-refractivity contribution in [2.75, 3.05) is 19.8 Å². The number of carboxylic acids is 1. The molecule has 1 atom stereocenters. The molecule has 1 heterocycles. The van der Waals surface area contributed by atoms with Crippen molar-refractivity contribution < 1.29 is 19.4 Å². The highest BCUT2D eigenvalue weighted by Gasteiger charge is 2.40. The van der Waals surface area contributed by atoms with Crippen LogP contribution in [0.2, 0.25) is 0 Å². The lowest BCUT2D eigenvalue weighted by atomic mass is 10.0. The summed E-state index contributed by atoms with van der Waals surface area (Å²) in [4.78, 5) is 24.9. The monoisotopic (exact) mass is 256 g/mol. The van der Waals surface area contributed by atoms with E-state index in [0.717, 1.165) is 12.8 Å². The molecule has 1 aliphatic heterocycles. The van der Waals surface area contributed by atoms with Crippen LogP contribution in [0.25, 0.3) is 0 Å². The van der Waals surface area contributed by atoms with Crippen molar-refractivity contribution in [3.8, 4) is 0 Å². The van der Waals surface area contributed by atoms with Crippen LogP contribution in [-0.4, -0.2) is 53.3 Å². The molecule has 18 heavy (non-hydrogen) atoms. The number of rotatable bonds is 3. The molecule has 0 radical (unpaired) electrons. The maximum absolute atomic E-state index is 12.2. The summed E-state index contributed by atoms with van der Waals surface area (Å²) in [7, 11) is 0. The van der Waals surface area contributed by atoms with Crippen LogP contribution in [0.15, 0.2) is 0 Å². The van der Waals surface area contributed by atoms with Crippen molar-refractivity contribution in [3.05, 3.63) is 0 Å². The van der Waals surface area contributed by atoms with Crippen LogP contribution in [-0.2, 0) is 9.53 Å². The normalized spacial score (nSPS) is 24.4. The quantitative estimate of drug-likeness (QED) is 0.778. The summed E-state index contributed by atoms with van der Waals surface area (Å²) in [5.41, 5.74) is -0.394.